The third-order valence-electron chi connectivity index (χ3n) is 9.06. The summed E-state index contributed by atoms with van der Waals surface area (Å²) in [6.07, 6.45) is 5.62. The SMILES string of the molecule is C#Cc1cc(OCCOCCOCCOCCOCCOCCOCCC(=O)ON2C(=O)CCC2=O)cc(OCCOCCOCCOCCOCCOCCOCCC(=O)ON2C(=O)CCC2=O)c1. The molecule has 0 unspecified atom stereocenters. The van der Waals surface area contributed by atoms with E-state index >= 15 is 0 Å². The topological polar surface area (TPSA) is 257 Å². The van der Waals surface area contributed by atoms with Crippen LogP contribution >= 0.6 is 0 Å². The number of rotatable bonds is 46. The van der Waals surface area contributed by atoms with Crippen LogP contribution in [-0.4, -0.2) is 217 Å². The summed E-state index contributed by atoms with van der Waals surface area (Å²) in [5, 5.41) is 1.02. The molecular formula is C46H68N2O22. The maximum Gasteiger partial charge on any atom is 0.335 e. The van der Waals surface area contributed by atoms with Gasteiger partial charge in [0.1, 0.15) is 24.7 Å². The Kier molecular flexibility index (Phi) is 33.8. The van der Waals surface area contributed by atoms with Gasteiger partial charge >= 0.3 is 11.9 Å². The van der Waals surface area contributed by atoms with Crippen LogP contribution < -0.4 is 9.47 Å². The van der Waals surface area contributed by atoms with Crippen LogP contribution in [0.2, 0.25) is 0 Å². The van der Waals surface area contributed by atoms with Crippen molar-refractivity contribution in [3.63, 3.8) is 0 Å². The van der Waals surface area contributed by atoms with E-state index in [2.05, 4.69) is 5.92 Å². The summed E-state index contributed by atoms with van der Waals surface area (Å²) in [5.74, 6) is 0.204. The molecule has 0 spiro atoms. The van der Waals surface area contributed by atoms with Gasteiger partial charge in [-0.15, -0.1) is 16.5 Å². The summed E-state index contributed by atoms with van der Waals surface area (Å²) in [4.78, 5) is 78.7. The fraction of sp³-hybridized carbons (Fsp3) is 0.696. The molecule has 1 aromatic rings. The average molecular weight is 1000 g/mol. The van der Waals surface area contributed by atoms with Crippen molar-refractivity contribution in [1.29, 1.82) is 0 Å². The van der Waals surface area contributed by atoms with Gasteiger partial charge in [-0.2, -0.15) is 0 Å². The van der Waals surface area contributed by atoms with E-state index in [-0.39, 0.29) is 65.0 Å². The third kappa shape index (κ3) is 29.3. The Morgan fingerprint density at radius 2 is 0.600 bits per heavy atom. The highest BCUT2D eigenvalue weighted by atomic mass is 16.7. The Morgan fingerprint density at radius 3 is 0.843 bits per heavy atom. The smallest absolute Gasteiger partial charge is 0.335 e. The Balaban J connectivity index is 0.992. The van der Waals surface area contributed by atoms with E-state index in [1.165, 1.54) is 0 Å². The molecule has 24 nitrogen and oxygen atoms in total. The number of carbonyl (C=O) groups is 6. The van der Waals surface area contributed by atoms with Gasteiger partial charge in [-0.3, -0.25) is 19.2 Å². The minimum atomic E-state index is -0.713. The van der Waals surface area contributed by atoms with Crippen molar-refractivity contribution in [3.05, 3.63) is 23.8 Å². The molecule has 0 radical (unpaired) electrons. The maximum atomic E-state index is 11.7. The number of carbonyl (C=O) groups excluding carboxylic acids is 6. The van der Waals surface area contributed by atoms with Crippen molar-refractivity contribution < 1.29 is 105 Å². The van der Waals surface area contributed by atoms with Gasteiger partial charge in [0.05, 0.1) is 171 Å². The number of hydrogen-bond acceptors (Lipinski definition) is 22. The lowest BCUT2D eigenvalue weighted by atomic mass is 10.2. The lowest BCUT2D eigenvalue weighted by Crippen LogP contribution is -2.32. The molecule has 2 heterocycles. The molecule has 4 amide bonds. The molecule has 0 N–H and O–H groups in total. The largest absolute Gasteiger partial charge is 0.491 e. The molecule has 24 heteroatoms. The zero-order valence-electron chi connectivity index (χ0n) is 39.8. The molecule has 1 aromatic carbocycles. The molecular weight excluding hydrogens is 932 g/mol. The first-order valence-electron chi connectivity index (χ1n) is 23.2. The first-order chi connectivity index (χ1) is 34.3. The highest BCUT2D eigenvalue weighted by molar-refractivity contribution is 6.02. The third-order valence-corrected chi connectivity index (χ3v) is 9.06. The van der Waals surface area contributed by atoms with Gasteiger partial charge in [-0.05, 0) is 12.1 Å². The fourth-order valence-electron chi connectivity index (χ4n) is 5.58. The van der Waals surface area contributed by atoms with Crippen LogP contribution in [0.5, 0.6) is 11.5 Å². The summed E-state index contributed by atoms with van der Waals surface area (Å²) < 4.78 is 77.1. The zero-order chi connectivity index (χ0) is 50.1. The van der Waals surface area contributed by atoms with Gasteiger partial charge < -0.3 is 76.0 Å². The summed E-state index contributed by atoms with van der Waals surface area (Å²) >= 11 is 0. The highest BCUT2D eigenvalue weighted by Crippen LogP contribution is 2.23. The molecule has 394 valence electrons. The predicted molar refractivity (Wildman–Crippen MR) is 239 cm³/mol. The van der Waals surface area contributed by atoms with E-state index in [0.717, 1.165) is 0 Å². The quantitative estimate of drug-likeness (QED) is 0.0493. The molecule has 0 saturated carbocycles. The second-order valence-electron chi connectivity index (χ2n) is 14.5. The molecule has 2 aliphatic rings. The summed E-state index contributed by atoms with van der Waals surface area (Å²) in [7, 11) is 0. The van der Waals surface area contributed by atoms with Crippen molar-refractivity contribution in [3.8, 4) is 23.8 Å². The zero-order valence-corrected chi connectivity index (χ0v) is 39.8. The molecule has 3 rings (SSSR count). The molecule has 0 aliphatic carbocycles. The van der Waals surface area contributed by atoms with Crippen LogP contribution in [0.1, 0.15) is 44.1 Å². The molecule has 2 saturated heterocycles. The normalized spacial score (nSPS) is 13.6. The number of terminal acetylenes is 1. The maximum absolute atomic E-state index is 11.7. The van der Waals surface area contributed by atoms with Crippen molar-refractivity contribution in [2.45, 2.75) is 38.5 Å². The Bertz CT molecular complexity index is 1550. The first kappa shape index (κ1) is 59.4. The van der Waals surface area contributed by atoms with Crippen LogP contribution in [0.4, 0.5) is 0 Å². The molecule has 2 fully saturated rings. The Morgan fingerprint density at radius 1 is 0.371 bits per heavy atom. The van der Waals surface area contributed by atoms with E-state index in [1.54, 1.807) is 18.2 Å². The van der Waals surface area contributed by atoms with Crippen LogP contribution in [0.25, 0.3) is 0 Å². The van der Waals surface area contributed by atoms with Gasteiger partial charge in [0.2, 0.25) is 0 Å². The van der Waals surface area contributed by atoms with Gasteiger partial charge in [0, 0.05) is 37.3 Å². The second-order valence-corrected chi connectivity index (χ2v) is 14.5. The van der Waals surface area contributed by atoms with E-state index in [4.69, 9.17) is 82.4 Å². The fourth-order valence-corrected chi connectivity index (χ4v) is 5.58. The lowest BCUT2D eigenvalue weighted by Gasteiger charge is -2.12. The minimum absolute atomic E-state index is 0.0455. The van der Waals surface area contributed by atoms with Crippen LogP contribution in [0.15, 0.2) is 18.2 Å². The van der Waals surface area contributed by atoms with Gasteiger partial charge in [0.15, 0.2) is 0 Å². The Labute approximate surface area is 407 Å². The Hall–Kier alpha value is -4.88. The number of ether oxygens (including phenoxy) is 14. The van der Waals surface area contributed by atoms with E-state index in [0.29, 0.717) is 173 Å². The molecule has 0 bridgehead atoms. The molecule has 0 aromatic heterocycles. The second kappa shape index (κ2) is 39.8. The van der Waals surface area contributed by atoms with Crippen LogP contribution in [0, 0.1) is 12.3 Å². The van der Waals surface area contributed by atoms with Crippen molar-refractivity contribution in [2.24, 2.45) is 0 Å². The molecule has 0 atom stereocenters. The minimum Gasteiger partial charge on any atom is -0.491 e. The van der Waals surface area contributed by atoms with E-state index < -0.39 is 35.6 Å². The van der Waals surface area contributed by atoms with Gasteiger partial charge in [0.25, 0.3) is 23.6 Å². The predicted octanol–water partition coefficient (Wildman–Crippen LogP) is 0.619. The lowest BCUT2D eigenvalue weighted by molar-refractivity contribution is -0.198. The number of hydroxylamine groups is 4. The standard InChI is InChI=1S/C46H68N2O22/c1-2-38-35-39(67-33-31-65-29-27-63-25-23-61-21-19-59-17-15-57-13-11-55-9-7-45(53)69-47-41(49)3-4-42(47)50)37-40(36-38)68-34-32-66-30-28-64-26-24-62-22-20-60-18-16-58-14-12-56-10-8-46(54)70-48-43(51)5-6-44(48)52/h1,35-37H,3-34H2. The number of benzene rings is 1. The number of hydrogen-bond donors (Lipinski definition) is 0. The summed E-state index contributed by atoms with van der Waals surface area (Å²) in [5.41, 5.74) is 0.616. The van der Waals surface area contributed by atoms with Gasteiger partial charge in [-0.1, -0.05) is 5.92 Å². The highest BCUT2D eigenvalue weighted by Gasteiger charge is 2.33. The van der Waals surface area contributed by atoms with Crippen LogP contribution in [0.3, 0.4) is 0 Å². The summed E-state index contributed by atoms with van der Waals surface area (Å²) in [6, 6.07) is 5.24. The van der Waals surface area contributed by atoms with Gasteiger partial charge in [-0.25, -0.2) is 9.59 Å². The average Bonchev–Trinajstić information content (AvgIpc) is 3.85. The van der Waals surface area contributed by atoms with E-state index in [9.17, 15) is 28.8 Å². The monoisotopic (exact) mass is 1000 g/mol. The van der Waals surface area contributed by atoms with Crippen molar-refractivity contribution in [1.82, 2.24) is 10.1 Å². The first-order valence-corrected chi connectivity index (χ1v) is 23.2. The number of amides is 4. The number of imide groups is 2. The van der Waals surface area contributed by atoms with E-state index in [1.807, 2.05) is 0 Å². The molecule has 70 heavy (non-hydrogen) atoms. The summed E-state index contributed by atoms with van der Waals surface area (Å²) in [6.45, 7) is 9.00. The van der Waals surface area contributed by atoms with Crippen LogP contribution in [-0.2, 0) is 95.3 Å². The molecule has 2 aliphatic heterocycles. The van der Waals surface area contributed by atoms with Crippen molar-refractivity contribution in [2.75, 3.05) is 172 Å². The number of nitrogens with zero attached hydrogens (tertiary/aromatic N) is 2. The van der Waals surface area contributed by atoms with Crippen molar-refractivity contribution >= 4 is 35.6 Å².